The van der Waals surface area contributed by atoms with Crippen molar-refractivity contribution >= 4 is 5.91 Å². The van der Waals surface area contributed by atoms with Gasteiger partial charge in [-0.15, -0.1) is 0 Å². The third-order valence-corrected chi connectivity index (χ3v) is 6.56. The molecule has 22 heavy (non-hydrogen) atoms. The van der Waals surface area contributed by atoms with Crippen LogP contribution in [0, 0.1) is 17.8 Å². The Morgan fingerprint density at radius 2 is 2.00 bits per heavy atom. The summed E-state index contributed by atoms with van der Waals surface area (Å²) >= 11 is 0. The Morgan fingerprint density at radius 1 is 1.14 bits per heavy atom. The summed E-state index contributed by atoms with van der Waals surface area (Å²) in [6.45, 7) is 3.54. The number of allylic oxidation sites excluding steroid dienone is 4. The van der Waals surface area contributed by atoms with Crippen molar-refractivity contribution < 1.29 is 4.79 Å². The molecule has 2 unspecified atom stereocenters. The van der Waals surface area contributed by atoms with Crippen LogP contribution in [0.25, 0.3) is 0 Å². The molecule has 0 aromatic heterocycles. The van der Waals surface area contributed by atoms with E-state index in [1.54, 1.807) is 0 Å². The van der Waals surface area contributed by atoms with Crippen LogP contribution in [0.15, 0.2) is 35.6 Å². The molecule has 4 heterocycles. The molecule has 2 aliphatic carbocycles. The molecule has 4 aliphatic heterocycles. The quantitative estimate of drug-likeness (QED) is 0.743. The zero-order valence-corrected chi connectivity index (χ0v) is 13.1. The summed E-state index contributed by atoms with van der Waals surface area (Å²) < 4.78 is 0. The molecule has 6 rings (SSSR count). The van der Waals surface area contributed by atoms with Crippen LogP contribution in [-0.4, -0.2) is 41.4 Å². The van der Waals surface area contributed by atoms with Gasteiger partial charge in [-0.2, -0.15) is 0 Å². The molecular formula is C19H24N2O. The molecule has 1 amide bonds. The first-order chi connectivity index (χ1) is 10.8. The van der Waals surface area contributed by atoms with Crippen LogP contribution in [0.3, 0.4) is 0 Å². The molecule has 4 fully saturated rings. The highest BCUT2D eigenvalue weighted by molar-refractivity contribution is 5.97. The minimum absolute atomic E-state index is 0.295. The largest absolute Gasteiger partial charge is 0.311 e. The molecule has 0 aromatic carbocycles. The summed E-state index contributed by atoms with van der Waals surface area (Å²) in [7, 11) is 0. The maximum absolute atomic E-state index is 13.1. The molecule has 6 aliphatic rings. The van der Waals surface area contributed by atoms with Crippen molar-refractivity contribution in [1.29, 1.82) is 0 Å². The van der Waals surface area contributed by atoms with Crippen LogP contribution >= 0.6 is 0 Å². The first-order valence-electron chi connectivity index (χ1n) is 8.95. The maximum atomic E-state index is 13.1. The van der Waals surface area contributed by atoms with Crippen molar-refractivity contribution in [3.05, 3.63) is 35.6 Å². The molecule has 3 atom stereocenters. The van der Waals surface area contributed by atoms with E-state index in [1.165, 1.54) is 50.8 Å². The van der Waals surface area contributed by atoms with Crippen LogP contribution in [0.2, 0.25) is 0 Å². The monoisotopic (exact) mass is 296 g/mol. The van der Waals surface area contributed by atoms with Gasteiger partial charge in [-0.3, -0.25) is 4.79 Å². The lowest BCUT2D eigenvalue weighted by Crippen LogP contribution is -2.58. The fourth-order valence-electron chi connectivity index (χ4n) is 5.41. The van der Waals surface area contributed by atoms with E-state index in [9.17, 15) is 4.79 Å². The van der Waals surface area contributed by atoms with Gasteiger partial charge in [0.2, 0.25) is 0 Å². The highest BCUT2D eigenvalue weighted by Crippen LogP contribution is 2.46. The van der Waals surface area contributed by atoms with Gasteiger partial charge in [0.15, 0.2) is 0 Å². The van der Waals surface area contributed by atoms with E-state index in [-0.39, 0.29) is 0 Å². The summed E-state index contributed by atoms with van der Waals surface area (Å²) in [6, 6.07) is 0.413. The van der Waals surface area contributed by atoms with Crippen LogP contribution in [0.1, 0.15) is 32.1 Å². The van der Waals surface area contributed by atoms with E-state index in [2.05, 4.69) is 34.2 Å². The van der Waals surface area contributed by atoms with E-state index in [0.717, 1.165) is 12.1 Å². The molecule has 0 aromatic rings. The Balaban J connectivity index is 1.53. The van der Waals surface area contributed by atoms with Gasteiger partial charge in [-0.05, 0) is 62.6 Å². The Kier molecular flexibility index (Phi) is 2.88. The van der Waals surface area contributed by atoms with E-state index < -0.39 is 0 Å². The van der Waals surface area contributed by atoms with Crippen molar-refractivity contribution in [2.45, 2.75) is 38.1 Å². The van der Waals surface area contributed by atoms with E-state index in [1.807, 2.05) is 0 Å². The zero-order valence-electron chi connectivity index (χ0n) is 13.1. The lowest BCUT2D eigenvalue weighted by Gasteiger charge is -2.50. The van der Waals surface area contributed by atoms with Gasteiger partial charge in [0.05, 0.1) is 6.04 Å². The van der Waals surface area contributed by atoms with Gasteiger partial charge in [-0.1, -0.05) is 18.2 Å². The first-order valence-corrected chi connectivity index (χ1v) is 8.95. The van der Waals surface area contributed by atoms with Gasteiger partial charge in [0.25, 0.3) is 5.91 Å². The van der Waals surface area contributed by atoms with Crippen LogP contribution in [0.5, 0.6) is 0 Å². The molecule has 1 saturated carbocycles. The first kappa shape index (κ1) is 13.1. The molecule has 3 heteroatoms. The molecule has 3 nitrogen and oxygen atoms in total. The topological polar surface area (TPSA) is 23.6 Å². The van der Waals surface area contributed by atoms with E-state index >= 15 is 0 Å². The van der Waals surface area contributed by atoms with Crippen molar-refractivity contribution in [3.63, 3.8) is 0 Å². The van der Waals surface area contributed by atoms with Gasteiger partial charge in [0.1, 0.15) is 0 Å². The second kappa shape index (κ2) is 4.82. The fourth-order valence-corrected chi connectivity index (χ4v) is 5.41. The number of carbonyl (C=O) groups is 1. The van der Waals surface area contributed by atoms with Gasteiger partial charge in [0, 0.05) is 24.2 Å². The molecule has 3 saturated heterocycles. The number of hydrogen-bond acceptors (Lipinski definition) is 2. The Hall–Kier alpha value is -1.35. The zero-order chi connectivity index (χ0) is 14.7. The molecule has 2 bridgehead atoms. The van der Waals surface area contributed by atoms with Crippen LogP contribution in [-0.2, 0) is 4.79 Å². The molecule has 0 radical (unpaired) electrons. The maximum Gasteiger partial charge on any atom is 0.254 e. The van der Waals surface area contributed by atoms with E-state index in [0.29, 0.717) is 29.7 Å². The van der Waals surface area contributed by atoms with Crippen LogP contribution < -0.4 is 0 Å². The summed E-state index contributed by atoms with van der Waals surface area (Å²) in [6.07, 6.45) is 15.0. The highest BCUT2D eigenvalue weighted by atomic mass is 16.2. The number of fused-ring (bicyclic) bond motifs is 3. The number of nitrogens with zero attached hydrogens (tertiary/aromatic N) is 2. The Labute approximate surface area is 132 Å². The van der Waals surface area contributed by atoms with Gasteiger partial charge < -0.3 is 9.80 Å². The number of amides is 1. The normalized spacial score (nSPS) is 42.8. The lowest BCUT2D eigenvalue weighted by molar-refractivity contribution is -0.131. The number of hydrogen-bond donors (Lipinski definition) is 0. The van der Waals surface area contributed by atoms with Crippen molar-refractivity contribution in [1.82, 2.24) is 9.80 Å². The smallest absolute Gasteiger partial charge is 0.254 e. The predicted molar refractivity (Wildman–Crippen MR) is 85.9 cm³/mol. The average Bonchev–Trinajstić information content (AvgIpc) is 2.59. The summed E-state index contributed by atoms with van der Waals surface area (Å²) in [5.41, 5.74) is 2.59. The van der Waals surface area contributed by atoms with Crippen LogP contribution in [0.4, 0.5) is 0 Å². The van der Waals surface area contributed by atoms with Gasteiger partial charge in [-0.25, -0.2) is 0 Å². The molecule has 116 valence electrons. The number of piperidine rings is 3. The summed E-state index contributed by atoms with van der Waals surface area (Å²) in [5.74, 6) is 1.96. The second-order valence-corrected chi connectivity index (χ2v) is 7.66. The van der Waals surface area contributed by atoms with Crippen molar-refractivity contribution in [2.24, 2.45) is 17.8 Å². The standard InChI is InChI=1S/C19H24N2O/c22-19-16-6-2-4-14-3-1-5-15(18(14)16)11-21(19)17-12-20-9-7-13(17)8-10-20/h2,4,6,11,13-14,17-18H,1,3,5,7-10,12H2/t14?,17-,18?/m1/s1. The molecule has 0 spiro atoms. The van der Waals surface area contributed by atoms with Crippen molar-refractivity contribution in [3.8, 4) is 0 Å². The SMILES string of the molecule is O=C1C2=CC=CC3CCCC(=CN1[C@@H]1CN4CCC1CC4)C23. The third-order valence-electron chi connectivity index (χ3n) is 6.56. The third kappa shape index (κ3) is 1.81. The molecular weight excluding hydrogens is 272 g/mol. The highest BCUT2D eigenvalue weighted by Gasteiger charge is 2.45. The predicted octanol–water partition coefficient (Wildman–Crippen LogP) is 2.72. The summed E-state index contributed by atoms with van der Waals surface area (Å²) in [4.78, 5) is 17.8. The minimum Gasteiger partial charge on any atom is -0.311 e. The van der Waals surface area contributed by atoms with Crippen molar-refractivity contribution in [2.75, 3.05) is 19.6 Å². The Morgan fingerprint density at radius 3 is 2.77 bits per heavy atom. The Bertz CT molecular complexity index is 595. The lowest BCUT2D eigenvalue weighted by atomic mass is 9.68. The summed E-state index contributed by atoms with van der Waals surface area (Å²) in [5, 5.41) is 0. The fraction of sp³-hybridized carbons (Fsp3) is 0.632. The number of carbonyl (C=O) groups excluding carboxylic acids is 1. The van der Waals surface area contributed by atoms with Gasteiger partial charge >= 0.3 is 0 Å². The molecule has 0 N–H and O–H groups in total. The number of rotatable bonds is 1. The van der Waals surface area contributed by atoms with E-state index in [4.69, 9.17) is 0 Å². The minimum atomic E-state index is 0.295. The second-order valence-electron chi connectivity index (χ2n) is 7.66. The average molecular weight is 296 g/mol.